The van der Waals surface area contributed by atoms with E-state index < -0.39 is 0 Å². The molecule has 4 heteroatoms. The third-order valence-electron chi connectivity index (χ3n) is 1.92. The lowest BCUT2D eigenvalue weighted by Gasteiger charge is -2.08. The number of ether oxygens (including phenoxy) is 2. The molecule has 0 aliphatic heterocycles. The van der Waals surface area contributed by atoms with Crippen LogP contribution in [-0.2, 0) is 11.3 Å². The van der Waals surface area contributed by atoms with E-state index in [1.807, 2.05) is 25.1 Å². The molecule has 3 nitrogen and oxygen atoms in total. The minimum atomic E-state index is 0.485. The van der Waals surface area contributed by atoms with E-state index in [9.17, 15) is 0 Å². The summed E-state index contributed by atoms with van der Waals surface area (Å²) in [6, 6.07) is 5.55. The van der Waals surface area contributed by atoms with Crippen molar-refractivity contribution in [2.75, 3.05) is 19.8 Å². The average Bonchev–Trinajstić information content (AvgIpc) is 2.26. The van der Waals surface area contributed by atoms with E-state index in [4.69, 9.17) is 26.8 Å². The van der Waals surface area contributed by atoms with Gasteiger partial charge in [0.05, 0.1) is 11.6 Å². The predicted molar refractivity (Wildman–Crippen MR) is 61.3 cm³/mol. The normalized spacial score (nSPS) is 10.3. The van der Waals surface area contributed by atoms with E-state index in [0.717, 1.165) is 5.56 Å². The fourth-order valence-corrected chi connectivity index (χ4v) is 1.40. The fraction of sp³-hybridized carbons (Fsp3) is 0.455. The van der Waals surface area contributed by atoms with Crippen LogP contribution in [0, 0.1) is 0 Å². The number of halogens is 1. The summed E-state index contributed by atoms with van der Waals surface area (Å²) < 4.78 is 10.6. The monoisotopic (exact) mass is 229 g/mol. The van der Waals surface area contributed by atoms with Crippen LogP contribution < -0.4 is 10.5 Å². The second-order valence-electron chi connectivity index (χ2n) is 3.01. The van der Waals surface area contributed by atoms with Crippen molar-refractivity contribution in [1.82, 2.24) is 0 Å². The molecule has 0 amide bonds. The highest BCUT2D eigenvalue weighted by atomic mass is 35.5. The number of hydrogen-bond donors (Lipinski definition) is 1. The summed E-state index contributed by atoms with van der Waals surface area (Å²) in [6.07, 6.45) is 0. The molecule has 0 fully saturated rings. The van der Waals surface area contributed by atoms with Gasteiger partial charge in [0, 0.05) is 13.2 Å². The van der Waals surface area contributed by atoms with Crippen molar-refractivity contribution >= 4 is 11.6 Å². The highest BCUT2D eigenvalue weighted by Gasteiger charge is 2.01. The molecule has 15 heavy (non-hydrogen) atoms. The van der Waals surface area contributed by atoms with Crippen LogP contribution in [0.2, 0.25) is 5.02 Å². The van der Waals surface area contributed by atoms with E-state index in [-0.39, 0.29) is 0 Å². The SMILES string of the molecule is CCOCCOc1ccc(CN)cc1Cl. The zero-order valence-electron chi connectivity index (χ0n) is 8.83. The largest absolute Gasteiger partial charge is 0.490 e. The van der Waals surface area contributed by atoms with Gasteiger partial charge in [-0.1, -0.05) is 17.7 Å². The molecule has 0 aliphatic rings. The molecule has 0 aromatic heterocycles. The summed E-state index contributed by atoms with van der Waals surface area (Å²) in [4.78, 5) is 0. The Morgan fingerprint density at radius 2 is 2.13 bits per heavy atom. The molecule has 0 saturated carbocycles. The van der Waals surface area contributed by atoms with Gasteiger partial charge in [-0.25, -0.2) is 0 Å². The molecular formula is C11H16ClNO2. The molecule has 1 aromatic carbocycles. The molecular weight excluding hydrogens is 214 g/mol. The Bertz CT molecular complexity index is 305. The van der Waals surface area contributed by atoms with Gasteiger partial charge in [-0.3, -0.25) is 0 Å². The smallest absolute Gasteiger partial charge is 0.138 e. The van der Waals surface area contributed by atoms with E-state index in [1.165, 1.54) is 0 Å². The fourth-order valence-electron chi connectivity index (χ4n) is 1.14. The standard InChI is InChI=1S/C11H16ClNO2/c1-2-14-5-6-15-11-4-3-9(8-13)7-10(11)12/h3-4,7H,2,5-6,8,13H2,1H3. The molecule has 0 radical (unpaired) electrons. The van der Waals surface area contributed by atoms with Crippen molar-refractivity contribution in [2.24, 2.45) is 5.73 Å². The van der Waals surface area contributed by atoms with Crippen LogP contribution in [0.1, 0.15) is 12.5 Å². The maximum Gasteiger partial charge on any atom is 0.138 e. The van der Waals surface area contributed by atoms with Crippen molar-refractivity contribution in [2.45, 2.75) is 13.5 Å². The summed E-state index contributed by atoms with van der Waals surface area (Å²) in [7, 11) is 0. The van der Waals surface area contributed by atoms with Gasteiger partial charge >= 0.3 is 0 Å². The summed E-state index contributed by atoms with van der Waals surface area (Å²) in [5.74, 6) is 0.675. The summed E-state index contributed by atoms with van der Waals surface area (Å²) in [6.45, 7) is 4.21. The van der Waals surface area contributed by atoms with Crippen molar-refractivity contribution in [3.05, 3.63) is 28.8 Å². The highest BCUT2D eigenvalue weighted by molar-refractivity contribution is 6.32. The van der Waals surface area contributed by atoms with Gasteiger partial charge in [0.15, 0.2) is 0 Å². The Hall–Kier alpha value is -0.770. The zero-order chi connectivity index (χ0) is 11.1. The van der Waals surface area contributed by atoms with Crippen LogP contribution in [0.3, 0.4) is 0 Å². The maximum absolute atomic E-state index is 6.00. The van der Waals surface area contributed by atoms with E-state index in [2.05, 4.69) is 0 Å². The van der Waals surface area contributed by atoms with Crippen LogP contribution >= 0.6 is 11.6 Å². The zero-order valence-corrected chi connectivity index (χ0v) is 9.59. The summed E-state index contributed by atoms with van der Waals surface area (Å²) in [5, 5.41) is 0.592. The predicted octanol–water partition coefficient (Wildman–Crippen LogP) is 2.21. The number of rotatable bonds is 6. The van der Waals surface area contributed by atoms with Crippen LogP contribution in [0.25, 0.3) is 0 Å². The van der Waals surface area contributed by atoms with Gasteiger partial charge in [0.2, 0.25) is 0 Å². The molecule has 0 unspecified atom stereocenters. The molecule has 1 rings (SSSR count). The van der Waals surface area contributed by atoms with Crippen molar-refractivity contribution < 1.29 is 9.47 Å². The van der Waals surface area contributed by atoms with Gasteiger partial charge in [-0.05, 0) is 24.6 Å². The average molecular weight is 230 g/mol. The van der Waals surface area contributed by atoms with Gasteiger partial charge in [0.1, 0.15) is 12.4 Å². The third-order valence-corrected chi connectivity index (χ3v) is 2.22. The number of nitrogens with two attached hydrogens (primary N) is 1. The van der Waals surface area contributed by atoms with Gasteiger partial charge in [0.25, 0.3) is 0 Å². The van der Waals surface area contributed by atoms with Crippen molar-refractivity contribution in [3.8, 4) is 5.75 Å². The van der Waals surface area contributed by atoms with Crippen LogP contribution in [0.5, 0.6) is 5.75 Å². The highest BCUT2D eigenvalue weighted by Crippen LogP contribution is 2.25. The second kappa shape index (κ2) is 6.67. The minimum Gasteiger partial charge on any atom is -0.490 e. The Morgan fingerprint density at radius 1 is 1.33 bits per heavy atom. The van der Waals surface area contributed by atoms with Gasteiger partial charge in [-0.15, -0.1) is 0 Å². The molecule has 0 heterocycles. The Morgan fingerprint density at radius 3 is 2.73 bits per heavy atom. The number of benzene rings is 1. The lowest BCUT2D eigenvalue weighted by Crippen LogP contribution is -2.06. The molecule has 0 atom stereocenters. The lowest BCUT2D eigenvalue weighted by molar-refractivity contribution is 0.110. The Kier molecular flexibility index (Phi) is 5.47. The minimum absolute atomic E-state index is 0.485. The lowest BCUT2D eigenvalue weighted by atomic mass is 10.2. The third kappa shape index (κ3) is 4.08. The first-order chi connectivity index (χ1) is 7.27. The first kappa shape index (κ1) is 12.3. The summed E-state index contributed by atoms with van der Waals surface area (Å²) in [5.41, 5.74) is 6.49. The van der Waals surface area contributed by atoms with Gasteiger partial charge in [-0.2, -0.15) is 0 Å². The second-order valence-corrected chi connectivity index (χ2v) is 3.42. The van der Waals surface area contributed by atoms with Crippen LogP contribution in [0.4, 0.5) is 0 Å². The van der Waals surface area contributed by atoms with E-state index in [1.54, 1.807) is 0 Å². The number of hydrogen-bond acceptors (Lipinski definition) is 3. The molecule has 0 saturated heterocycles. The van der Waals surface area contributed by atoms with Crippen LogP contribution in [-0.4, -0.2) is 19.8 Å². The van der Waals surface area contributed by atoms with Crippen LogP contribution in [0.15, 0.2) is 18.2 Å². The van der Waals surface area contributed by atoms with E-state index in [0.29, 0.717) is 37.1 Å². The Balaban J connectivity index is 2.47. The molecule has 0 aliphatic carbocycles. The molecule has 0 spiro atoms. The molecule has 1 aromatic rings. The molecule has 84 valence electrons. The summed E-state index contributed by atoms with van der Waals surface area (Å²) >= 11 is 6.00. The first-order valence-corrected chi connectivity index (χ1v) is 5.34. The van der Waals surface area contributed by atoms with E-state index >= 15 is 0 Å². The maximum atomic E-state index is 6.00. The van der Waals surface area contributed by atoms with Gasteiger partial charge < -0.3 is 15.2 Å². The quantitative estimate of drug-likeness (QED) is 0.761. The van der Waals surface area contributed by atoms with Crippen molar-refractivity contribution in [3.63, 3.8) is 0 Å². The molecule has 0 bridgehead atoms. The van der Waals surface area contributed by atoms with Crippen molar-refractivity contribution in [1.29, 1.82) is 0 Å². The topological polar surface area (TPSA) is 44.5 Å². The first-order valence-electron chi connectivity index (χ1n) is 4.97. The Labute approximate surface area is 95.1 Å². The molecule has 2 N–H and O–H groups in total.